The van der Waals surface area contributed by atoms with Crippen LogP contribution in [0.5, 0.6) is 5.75 Å². The predicted molar refractivity (Wildman–Crippen MR) is 101 cm³/mol. The van der Waals surface area contributed by atoms with E-state index in [1.807, 2.05) is 31.2 Å². The number of hydrogen-bond donors (Lipinski definition) is 2. The molecule has 2 N–H and O–H groups in total. The summed E-state index contributed by atoms with van der Waals surface area (Å²) in [5.74, 6) is 0.0940. The van der Waals surface area contributed by atoms with E-state index in [0.717, 1.165) is 12.0 Å². The normalized spacial score (nSPS) is 10.2. The number of carbonyl (C=O) groups excluding carboxylic acids is 2. The molecule has 0 heterocycles. The Balaban J connectivity index is 1.93. The van der Waals surface area contributed by atoms with Crippen molar-refractivity contribution in [2.75, 3.05) is 32.2 Å². The van der Waals surface area contributed by atoms with Gasteiger partial charge in [-0.1, -0.05) is 30.3 Å². The lowest BCUT2D eigenvalue weighted by molar-refractivity contribution is -0.118. The highest BCUT2D eigenvalue weighted by molar-refractivity contribution is 6.04. The Morgan fingerprint density at radius 2 is 1.77 bits per heavy atom. The summed E-state index contributed by atoms with van der Waals surface area (Å²) in [4.78, 5) is 24.5. The number of benzene rings is 2. The van der Waals surface area contributed by atoms with Gasteiger partial charge in [-0.15, -0.1) is 0 Å². The number of methoxy groups -OCH3 is 1. The van der Waals surface area contributed by atoms with E-state index in [9.17, 15) is 9.59 Å². The molecule has 0 unspecified atom stereocenters. The minimum absolute atomic E-state index is 0.130. The molecule has 2 amide bonds. The molecule has 2 rings (SSSR count). The van der Waals surface area contributed by atoms with Crippen molar-refractivity contribution in [3.8, 4) is 5.75 Å². The van der Waals surface area contributed by atoms with Crippen LogP contribution in [0, 0.1) is 6.92 Å². The van der Waals surface area contributed by atoms with E-state index in [1.165, 1.54) is 0 Å². The lowest BCUT2D eigenvalue weighted by Gasteiger charge is -2.12. The lowest BCUT2D eigenvalue weighted by Crippen LogP contribution is -2.27. The first kappa shape index (κ1) is 19.5. The zero-order valence-corrected chi connectivity index (χ0v) is 15.1. The first-order valence-electron chi connectivity index (χ1n) is 8.46. The molecular formula is C20H24N2O4. The second-order valence-corrected chi connectivity index (χ2v) is 5.75. The van der Waals surface area contributed by atoms with Gasteiger partial charge in [-0.05, 0) is 37.1 Å². The number of anilines is 1. The standard InChI is InChI=1S/C20H24N2O4/c1-15-8-3-6-11-18(15)26-14-19(23)22-17-10-5-4-9-16(17)20(24)21-12-7-13-25-2/h3-6,8-11H,7,12-14H2,1-2H3,(H,21,24)(H,22,23). The fourth-order valence-electron chi connectivity index (χ4n) is 2.35. The first-order chi connectivity index (χ1) is 12.6. The van der Waals surface area contributed by atoms with E-state index < -0.39 is 0 Å². The molecule has 2 aromatic carbocycles. The fourth-order valence-corrected chi connectivity index (χ4v) is 2.35. The van der Waals surface area contributed by atoms with Crippen LogP contribution in [0.1, 0.15) is 22.3 Å². The molecule has 0 aliphatic carbocycles. The largest absolute Gasteiger partial charge is 0.483 e. The average Bonchev–Trinajstić information content (AvgIpc) is 2.65. The quantitative estimate of drug-likeness (QED) is 0.678. The molecule has 0 aliphatic heterocycles. The third-order valence-corrected chi connectivity index (χ3v) is 3.71. The minimum atomic E-state index is -0.326. The van der Waals surface area contributed by atoms with Crippen LogP contribution in [-0.4, -0.2) is 38.7 Å². The van der Waals surface area contributed by atoms with Crippen molar-refractivity contribution >= 4 is 17.5 Å². The Hall–Kier alpha value is -2.86. The molecule has 0 saturated carbocycles. The topological polar surface area (TPSA) is 76.7 Å². The molecule has 0 bridgehead atoms. The Bertz CT molecular complexity index is 746. The molecular weight excluding hydrogens is 332 g/mol. The van der Waals surface area contributed by atoms with Crippen LogP contribution in [0.15, 0.2) is 48.5 Å². The zero-order valence-electron chi connectivity index (χ0n) is 15.1. The third kappa shape index (κ3) is 5.89. The maximum Gasteiger partial charge on any atom is 0.262 e. The summed E-state index contributed by atoms with van der Waals surface area (Å²) in [5.41, 5.74) is 1.82. The van der Waals surface area contributed by atoms with E-state index >= 15 is 0 Å². The molecule has 26 heavy (non-hydrogen) atoms. The number of carbonyl (C=O) groups is 2. The van der Waals surface area contributed by atoms with Crippen LogP contribution in [0.2, 0.25) is 0 Å². The van der Waals surface area contributed by atoms with Crippen molar-refractivity contribution in [1.29, 1.82) is 0 Å². The number of rotatable bonds is 9. The van der Waals surface area contributed by atoms with Crippen LogP contribution in [0.4, 0.5) is 5.69 Å². The van der Waals surface area contributed by atoms with Gasteiger partial charge in [0.15, 0.2) is 6.61 Å². The highest BCUT2D eigenvalue weighted by atomic mass is 16.5. The monoisotopic (exact) mass is 356 g/mol. The van der Waals surface area contributed by atoms with Gasteiger partial charge in [-0.2, -0.15) is 0 Å². The molecule has 0 radical (unpaired) electrons. The zero-order chi connectivity index (χ0) is 18.8. The third-order valence-electron chi connectivity index (χ3n) is 3.71. The van der Waals surface area contributed by atoms with Crippen LogP contribution < -0.4 is 15.4 Å². The van der Waals surface area contributed by atoms with Crippen molar-refractivity contribution in [2.45, 2.75) is 13.3 Å². The van der Waals surface area contributed by atoms with Crippen molar-refractivity contribution in [3.05, 3.63) is 59.7 Å². The van der Waals surface area contributed by atoms with Gasteiger partial charge in [0.1, 0.15) is 5.75 Å². The number of hydrogen-bond acceptors (Lipinski definition) is 4. The van der Waals surface area contributed by atoms with E-state index in [4.69, 9.17) is 9.47 Å². The molecule has 138 valence electrons. The van der Waals surface area contributed by atoms with Gasteiger partial charge in [0.2, 0.25) is 0 Å². The van der Waals surface area contributed by atoms with E-state index in [-0.39, 0.29) is 18.4 Å². The Labute approximate surface area is 153 Å². The summed E-state index contributed by atoms with van der Waals surface area (Å²) in [5, 5.41) is 5.54. The first-order valence-corrected chi connectivity index (χ1v) is 8.46. The second-order valence-electron chi connectivity index (χ2n) is 5.75. The molecule has 0 spiro atoms. The smallest absolute Gasteiger partial charge is 0.262 e. The molecule has 0 aromatic heterocycles. The highest BCUT2D eigenvalue weighted by Crippen LogP contribution is 2.17. The summed E-state index contributed by atoms with van der Waals surface area (Å²) in [6, 6.07) is 14.4. The van der Waals surface area contributed by atoms with Crippen molar-refractivity contribution in [1.82, 2.24) is 5.32 Å². The average molecular weight is 356 g/mol. The number of aryl methyl sites for hydroxylation is 1. The summed E-state index contributed by atoms with van der Waals surface area (Å²) < 4.78 is 10.5. The summed E-state index contributed by atoms with van der Waals surface area (Å²) in [7, 11) is 1.62. The van der Waals surface area contributed by atoms with Gasteiger partial charge in [-0.25, -0.2) is 0 Å². The highest BCUT2D eigenvalue weighted by Gasteiger charge is 2.13. The van der Waals surface area contributed by atoms with Gasteiger partial charge in [0.05, 0.1) is 11.3 Å². The minimum Gasteiger partial charge on any atom is -0.483 e. The van der Waals surface area contributed by atoms with E-state index in [0.29, 0.717) is 30.2 Å². The van der Waals surface area contributed by atoms with Crippen molar-refractivity contribution < 1.29 is 19.1 Å². The summed E-state index contributed by atoms with van der Waals surface area (Å²) >= 11 is 0. The Kier molecular flexibility index (Phi) is 7.64. The number of amides is 2. The Morgan fingerprint density at radius 3 is 2.54 bits per heavy atom. The molecule has 0 atom stereocenters. The molecule has 0 aliphatic rings. The van der Waals surface area contributed by atoms with Gasteiger partial charge >= 0.3 is 0 Å². The maximum atomic E-state index is 12.3. The number of nitrogens with one attached hydrogen (secondary N) is 2. The van der Waals surface area contributed by atoms with Crippen molar-refractivity contribution in [3.63, 3.8) is 0 Å². The molecule has 6 heteroatoms. The SMILES string of the molecule is COCCCNC(=O)c1ccccc1NC(=O)COc1ccccc1C. The van der Waals surface area contributed by atoms with Crippen LogP contribution >= 0.6 is 0 Å². The molecule has 0 fully saturated rings. The van der Waals surface area contributed by atoms with Crippen molar-refractivity contribution in [2.24, 2.45) is 0 Å². The molecule has 0 saturated heterocycles. The lowest BCUT2D eigenvalue weighted by atomic mass is 10.1. The van der Waals surface area contributed by atoms with Crippen LogP contribution in [0.3, 0.4) is 0 Å². The molecule has 2 aromatic rings. The van der Waals surface area contributed by atoms with E-state index in [1.54, 1.807) is 31.4 Å². The number of para-hydroxylation sites is 2. The number of ether oxygens (including phenoxy) is 2. The van der Waals surface area contributed by atoms with Gasteiger partial charge < -0.3 is 20.1 Å². The van der Waals surface area contributed by atoms with E-state index in [2.05, 4.69) is 10.6 Å². The summed E-state index contributed by atoms with van der Waals surface area (Å²) in [6.07, 6.45) is 0.723. The molecule has 6 nitrogen and oxygen atoms in total. The fraction of sp³-hybridized carbons (Fsp3) is 0.300. The van der Waals surface area contributed by atoms with Gasteiger partial charge in [0.25, 0.3) is 11.8 Å². The predicted octanol–water partition coefficient (Wildman–Crippen LogP) is 2.78. The summed E-state index contributed by atoms with van der Waals surface area (Å²) in [6.45, 7) is 2.87. The Morgan fingerprint density at radius 1 is 1.04 bits per heavy atom. The van der Waals surface area contributed by atoms with Gasteiger partial charge in [-0.3, -0.25) is 9.59 Å². The maximum absolute atomic E-state index is 12.3. The second kappa shape index (κ2) is 10.2. The van der Waals surface area contributed by atoms with Crippen LogP contribution in [-0.2, 0) is 9.53 Å². The van der Waals surface area contributed by atoms with Crippen LogP contribution in [0.25, 0.3) is 0 Å². The van der Waals surface area contributed by atoms with Gasteiger partial charge in [0, 0.05) is 20.3 Å².